The van der Waals surface area contributed by atoms with Gasteiger partial charge in [-0.3, -0.25) is 4.79 Å². The summed E-state index contributed by atoms with van der Waals surface area (Å²) >= 11 is 0. The number of aryl methyl sites for hydroxylation is 1. The maximum absolute atomic E-state index is 13.1. The SMILES string of the molecule is COc1c(-c2ccc(F)cc2)oc2c(C)cccc2c1=O. The van der Waals surface area contributed by atoms with E-state index < -0.39 is 0 Å². The van der Waals surface area contributed by atoms with Crippen molar-refractivity contribution < 1.29 is 13.5 Å². The standard InChI is InChI=1S/C17H13FO3/c1-10-4-3-5-13-14(19)17(20-2)16(21-15(10)13)11-6-8-12(18)9-7-11/h3-9H,1-2H3. The molecule has 0 aliphatic carbocycles. The zero-order valence-corrected chi connectivity index (χ0v) is 11.6. The van der Waals surface area contributed by atoms with Crippen molar-refractivity contribution in [1.29, 1.82) is 0 Å². The maximum atomic E-state index is 13.1. The van der Waals surface area contributed by atoms with Crippen molar-refractivity contribution in [2.45, 2.75) is 6.92 Å². The van der Waals surface area contributed by atoms with Gasteiger partial charge in [0.2, 0.25) is 11.2 Å². The Bertz CT molecular complexity index is 864. The molecule has 0 atom stereocenters. The molecule has 0 fully saturated rings. The van der Waals surface area contributed by atoms with Crippen molar-refractivity contribution >= 4 is 11.0 Å². The molecule has 0 aliphatic rings. The Morgan fingerprint density at radius 3 is 2.48 bits per heavy atom. The second-order valence-corrected chi connectivity index (χ2v) is 4.75. The predicted octanol–water partition coefficient (Wildman–Crippen LogP) is 3.92. The Labute approximate surface area is 120 Å². The van der Waals surface area contributed by atoms with Gasteiger partial charge in [0.1, 0.15) is 11.4 Å². The van der Waals surface area contributed by atoms with Crippen LogP contribution in [-0.4, -0.2) is 7.11 Å². The number of hydrogen-bond acceptors (Lipinski definition) is 3. The number of benzene rings is 2. The molecule has 0 aliphatic heterocycles. The average Bonchev–Trinajstić information content (AvgIpc) is 2.49. The van der Waals surface area contributed by atoms with E-state index in [2.05, 4.69) is 0 Å². The van der Waals surface area contributed by atoms with Crippen LogP contribution in [0.15, 0.2) is 51.7 Å². The van der Waals surface area contributed by atoms with E-state index in [1.807, 2.05) is 13.0 Å². The van der Waals surface area contributed by atoms with E-state index in [0.717, 1.165) is 5.56 Å². The molecule has 0 amide bonds. The van der Waals surface area contributed by atoms with Crippen molar-refractivity contribution in [3.05, 3.63) is 64.1 Å². The predicted molar refractivity (Wildman–Crippen MR) is 79.2 cm³/mol. The van der Waals surface area contributed by atoms with Gasteiger partial charge in [-0.05, 0) is 42.8 Å². The molecule has 0 spiro atoms. The summed E-state index contributed by atoms with van der Waals surface area (Å²) in [5, 5.41) is 0.470. The zero-order chi connectivity index (χ0) is 15.0. The van der Waals surface area contributed by atoms with Gasteiger partial charge in [0.25, 0.3) is 0 Å². The van der Waals surface area contributed by atoms with Crippen molar-refractivity contribution in [3.8, 4) is 17.1 Å². The van der Waals surface area contributed by atoms with Gasteiger partial charge in [-0.1, -0.05) is 12.1 Å². The highest BCUT2D eigenvalue weighted by atomic mass is 19.1. The van der Waals surface area contributed by atoms with Crippen LogP contribution in [0.2, 0.25) is 0 Å². The fraction of sp³-hybridized carbons (Fsp3) is 0.118. The van der Waals surface area contributed by atoms with Crippen LogP contribution in [0, 0.1) is 12.7 Å². The highest BCUT2D eigenvalue weighted by molar-refractivity contribution is 5.84. The van der Waals surface area contributed by atoms with E-state index in [0.29, 0.717) is 22.3 Å². The summed E-state index contributed by atoms with van der Waals surface area (Å²) in [6.07, 6.45) is 0. The van der Waals surface area contributed by atoms with Crippen LogP contribution >= 0.6 is 0 Å². The van der Waals surface area contributed by atoms with E-state index >= 15 is 0 Å². The highest BCUT2D eigenvalue weighted by Crippen LogP contribution is 2.31. The number of halogens is 1. The lowest BCUT2D eigenvalue weighted by Crippen LogP contribution is -2.08. The van der Waals surface area contributed by atoms with Crippen LogP contribution in [-0.2, 0) is 0 Å². The average molecular weight is 284 g/mol. The molecule has 4 heteroatoms. The Balaban J connectivity index is 2.39. The highest BCUT2D eigenvalue weighted by Gasteiger charge is 2.17. The van der Waals surface area contributed by atoms with Gasteiger partial charge in [0.05, 0.1) is 12.5 Å². The lowest BCUT2D eigenvalue weighted by molar-refractivity contribution is 0.398. The van der Waals surface area contributed by atoms with Gasteiger partial charge >= 0.3 is 0 Å². The Morgan fingerprint density at radius 2 is 1.81 bits per heavy atom. The first-order valence-corrected chi connectivity index (χ1v) is 6.48. The summed E-state index contributed by atoms with van der Waals surface area (Å²) in [5.74, 6) is 0.0843. The largest absolute Gasteiger partial charge is 0.490 e. The monoisotopic (exact) mass is 284 g/mol. The third-order valence-corrected chi connectivity index (χ3v) is 3.38. The molecule has 0 unspecified atom stereocenters. The second-order valence-electron chi connectivity index (χ2n) is 4.75. The molecule has 0 N–H and O–H groups in total. The summed E-state index contributed by atoms with van der Waals surface area (Å²) < 4.78 is 24.1. The van der Waals surface area contributed by atoms with Crippen LogP contribution in [0.5, 0.6) is 5.75 Å². The topological polar surface area (TPSA) is 39.4 Å². The quantitative estimate of drug-likeness (QED) is 0.716. The van der Waals surface area contributed by atoms with Gasteiger partial charge in [0, 0.05) is 5.56 Å². The normalized spacial score (nSPS) is 10.8. The molecule has 1 aromatic heterocycles. The number of hydrogen-bond donors (Lipinski definition) is 0. The molecule has 0 bridgehead atoms. The molecule has 3 nitrogen and oxygen atoms in total. The first-order chi connectivity index (χ1) is 10.1. The van der Waals surface area contributed by atoms with E-state index in [-0.39, 0.29) is 17.0 Å². The number of methoxy groups -OCH3 is 1. The molecule has 0 saturated heterocycles. The smallest absolute Gasteiger partial charge is 0.235 e. The Hall–Kier alpha value is -2.62. The van der Waals surface area contributed by atoms with Crippen LogP contribution in [0.3, 0.4) is 0 Å². The van der Waals surface area contributed by atoms with E-state index in [1.54, 1.807) is 24.3 Å². The van der Waals surface area contributed by atoms with Crippen LogP contribution in [0.25, 0.3) is 22.3 Å². The third kappa shape index (κ3) is 2.18. The lowest BCUT2D eigenvalue weighted by Gasteiger charge is -2.10. The Kier molecular flexibility index (Phi) is 3.22. The molecule has 106 valence electrons. The molecular formula is C17H13FO3. The number of rotatable bonds is 2. The molecule has 1 heterocycles. The molecular weight excluding hydrogens is 271 g/mol. The van der Waals surface area contributed by atoms with Gasteiger partial charge in [0.15, 0.2) is 5.76 Å². The minimum absolute atomic E-state index is 0.125. The summed E-state index contributed by atoms with van der Waals surface area (Å²) in [4.78, 5) is 12.5. The van der Waals surface area contributed by atoms with Crippen molar-refractivity contribution in [3.63, 3.8) is 0 Å². The summed E-state index contributed by atoms with van der Waals surface area (Å²) in [5.41, 5.74) is 1.73. The third-order valence-electron chi connectivity index (χ3n) is 3.38. The molecule has 3 rings (SSSR count). The van der Waals surface area contributed by atoms with E-state index in [4.69, 9.17) is 9.15 Å². The number of fused-ring (bicyclic) bond motifs is 1. The first kappa shape index (κ1) is 13.4. The lowest BCUT2D eigenvalue weighted by atomic mass is 10.1. The first-order valence-electron chi connectivity index (χ1n) is 6.48. The second kappa shape index (κ2) is 5.05. The van der Waals surface area contributed by atoms with E-state index in [1.165, 1.54) is 19.2 Å². The van der Waals surface area contributed by atoms with Gasteiger partial charge < -0.3 is 9.15 Å². The van der Waals surface area contributed by atoms with Crippen molar-refractivity contribution in [2.24, 2.45) is 0 Å². The molecule has 2 aromatic carbocycles. The van der Waals surface area contributed by atoms with Gasteiger partial charge in [-0.15, -0.1) is 0 Å². The summed E-state index contributed by atoms with van der Waals surface area (Å²) in [6, 6.07) is 11.1. The number of ether oxygens (including phenoxy) is 1. The van der Waals surface area contributed by atoms with Crippen molar-refractivity contribution in [2.75, 3.05) is 7.11 Å². The van der Waals surface area contributed by atoms with Crippen LogP contribution in [0.1, 0.15) is 5.56 Å². The fourth-order valence-corrected chi connectivity index (χ4v) is 2.32. The van der Waals surface area contributed by atoms with Crippen LogP contribution < -0.4 is 10.2 Å². The molecule has 21 heavy (non-hydrogen) atoms. The van der Waals surface area contributed by atoms with Gasteiger partial charge in [-0.2, -0.15) is 0 Å². The molecule has 0 saturated carbocycles. The molecule has 3 aromatic rings. The Morgan fingerprint density at radius 1 is 1.10 bits per heavy atom. The van der Waals surface area contributed by atoms with E-state index in [9.17, 15) is 9.18 Å². The van der Waals surface area contributed by atoms with Crippen molar-refractivity contribution in [1.82, 2.24) is 0 Å². The molecule has 0 radical (unpaired) electrons. The zero-order valence-electron chi connectivity index (χ0n) is 11.6. The fourth-order valence-electron chi connectivity index (χ4n) is 2.32. The minimum atomic E-state index is -0.350. The summed E-state index contributed by atoms with van der Waals surface area (Å²) in [7, 11) is 1.42. The van der Waals surface area contributed by atoms with Crippen LogP contribution in [0.4, 0.5) is 4.39 Å². The summed E-state index contributed by atoms with van der Waals surface area (Å²) in [6.45, 7) is 1.87. The minimum Gasteiger partial charge on any atom is -0.490 e. The van der Waals surface area contributed by atoms with Gasteiger partial charge in [-0.25, -0.2) is 4.39 Å². The number of para-hydroxylation sites is 1. The maximum Gasteiger partial charge on any atom is 0.235 e.